The second kappa shape index (κ2) is 5.44. The van der Waals surface area contributed by atoms with E-state index in [1.165, 1.54) is 4.90 Å². The number of carbonyl (C=O) groups excluding carboxylic acids is 3. The van der Waals surface area contributed by atoms with E-state index in [9.17, 15) is 14.4 Å². The van der Waals surface area contributed by atoms with E-state index in [4.69, 9.17) is 0 Å². The van der Waals surface area contributed by atoms with Crippen LogP contribution in [0.1, 0.15) is 37.0 Å². The standard InChI is InChI=1S/C13H18N4O3/c1-4-9-6-10(17(5-2)15-9)13(20)16-7-11(18)14-12(19)8(16)3/h6,8H,4-5,7H2,1-3H3,(H,14,18,19). The van der Waals surface area contributed by atoms with Crippen LogP contribution in [0.4, 0.5) is 0 Å². The Kier molecular flexibility index (Phi) is 3.87. The molecule has 7 nitrogen and oxygen atoms in total. The summed E-state index contributed by atoms with van der Waals surface area (Å²) in [6, 6.07) is 1.06. The second-order valence-electron chi connectivity index (χ2n) is 4.71. The van der Waals surface area contributed by atoms with E-state index in [0.717, 1.165) is 12.1 Å². The van der Waals surface area contributed by atoms with Gasteiger partial charge in [0, 0.05) is 6.54 Å². The zero-order valence-corrected chi connectivity index (χ0v) is 11.8. The highest BCUT2D eigenvalue weighted by atomic mass is 16.2. The molecule has 1 atom stereocenters. The van der Waals surface area contributed by atoms with Crippen molar-refractivity contribution in [3.63, 3.8) is 0 Å². The van der Waals surface area contributed by atoms with Crippen LogP contribution in [0.5, 0.6) is 0 Å². The van der Waals surface area contributed by atoms with Crippen molar-refractivity contribution in [1.29, 1.82) is 0 Å². The monoisotopic (exact) mass is 278 g/mol. The lowest BCUT2D eigenvalue weighted by atomic mass is 10.1. The molecule has 1 aliphatic rings. The van der Waals surface area contributed by atoms with E-state index in [-0.39, 0.29) is 12.5 Å². The molecule has 7 heteroatoms. The van der Waals surface area contributed by atoms with Gasteiger partial charge in [0.1, 0.15) is 18.3 Å². The molecule has 2 rings (SSSR count). The van der Waals surface area contributed by atoms with Crippen molar-refractivity contribution in [3.05, 3.63) is 17.5 Å². The van der Waals surface area contributed by atoms with Crippen molar-refractivity contribution < 1.29 is 14.4 Å². The number of aromatic nitrogens is 2. The first-order valence-corrected chi connectivity index (χ1v) is 6.69. The highest BCUT2D eigenvalue weighted by Crippen LogP contribution is 2.13. The van der Waals surface area contributed by atoms with Gasteiger partial charge in [-0.25, -0.2) is 0 Å². The van der Waals surface area contributed by atoms with Crippen LogP contribution in [0.25, 0.3) is 0 Å². The lowest BCUT2D eigenvalue weighted by Gasteiger charge is -2.31. The predicted molar refractivity (Wildman–Crippen MR) is 70.9 cm³/mol. The summed E-state index contributed by atoms with van der Waals surface area (Å²) in [5.74, 6) is -1.25. The molecule has 1 unspecified atom stereocenters. The fourth-order valence-electron chi connectivity index (χ4n) is 2.17. The summed E-state index contributed by atoms with van der Waals surface area (Å²) in [5, 5.41) is 6.53. The molecule has 0 bridgehead atoms. The van der Waals surface area contributed by atoms with Crippen molar-refractivity contribution in [2.45, 2.75) is 39.8 Å². The number of nitrogens with zero attached hydrogens (tertiary/aromatic N) is 3. The maximum Gasteiger partial charge on any atom is 0.273 e. The molecule has 0 radical (unpaired) electrons. The van der Waals surface area contributed by atoms with Crippen LogP contribution in [-0.2, 0) is 22.6 Å². The minimum atomic E-state index is -0.662. The molecule has 0 aromatic carbocycles. The summed E-state index contributed by atoms with van der Waals surface area (Å²) in [6.45, 7) is 5.90. The molecule has 1 aromatic heterocycles. The molecule has 1 aliphatic heterocycles. The Bertz CT molecular complexity index is 564. The average molecular weight is 278 g/mol. The molecule has 0 saturated carbocycles. The SMILES string of the molecule is CCc1cc(C(=O)N2CC(=O)NC(=O)C2C)n(CC)n1. The number of imide groups is 1. The van der Waals surface area contributed by atoms with Crippen LogP contribution in [0, 0.1) is 0 Å². The van der Waals surface area contributed by atoms with Crippen molar-refractivity contribution in [2.24, 2.45) is 0 Å². The Labute approximate surface area is 116 Å². The van der Waals surface area contributed by atoms with Crippen LogP contribution in [0.2, 0.25) is 0 Å². The summed E-state index contributed by atoms with van der Waals surface area (Å²) in [4.78, 5) is 36.9. The molecule has 1 saturated heterocycles. The lowest BCUT2D eigenvalue weighted by Crippen LogP contribution is -2.58. The Morgan fingerprint density at radius 1 is 1.45 bits per heavy atom. The van der Waals surface area contributed by atoms with E-state index in [0.29, 0.717) is 12.2 Å². The number of nitrogens with one attached hydrogen (secondary N) is 1. The molecule has 2 heterocycles. The summed E-state index contributed by atoms with van der Waals surface area (Å²) in [7, 11) is 0. The molecular weight excluding hydrogens is 260 g/mol. The van der Waals surface area contributed by atoms with Gasteiger partial charge < -0.3 is 4.90 Å². The molecule has 1 N–H and O–H groups in total. The lowest BCUT2D eigenvalue weighted by molar-refractivity contribution is -0.138. The van der Waals surface area contributed by atoms with Gasteiger partial charge in [0.25, 0.3) is 5.91 Å². The highest BCUT2D eigenvalue weighted by Gasteiger charge is 2.35. The number of hydrogen-bond donors (Lipinski definition) is 1. The third-order valence-corrected chi connectivity index (χ3v) is 3.40. The molecule has 108 valence electrons. The maximum atomic E-state index is 12.5. The highest BCUT2D eigenvalue weighted by molar-refractivity contribution is 6.06. The minimum absolute atomic E-state index is 0.109. The second-order valence-corrected chi connectivity index (χ2v) is 4.71. The zero-order chi connectivity index (χ0) is 14.9. The van der Waals surface area contributed by atoms with Crippen molar-refractivity contribution in [3.8, 4) is 0 Å². The molecule has 3 amide bonds. The Morgan fingerprint density at radius 3 is 2.75 bits per heavy atom. The summed E-state index contributed by atoms with van der Waals surface area (Å²) < 4.78 is 1.60. The van der Waals surface area contributed by atoms with Crippen LogP contribution in [-0.4, -0.2) is 45.0 Å². The third kappa shape index (κ3) is 2.43. The number of amides is 3. The van der Waals surface area contributed by atoms with Crippen LogP contribution in [0.3, 0.4) is 0 Å². The summed E-state index contributed by atoms with van der Waals surface area (Å²) in [6.07, 6.45) is 0.724. The van der Waals surface area contributed by atoms with Gasteiger partial charge in [-0.3, -0.25) is 24.4 Å². The van der Waals surface area contributed by atoms with Gasteiger partial charge in [-0.15, -0.1) is 0 Å². The van der Waals surface area contributed by atoms with Gasteiger partial charge in [-0.2, -0.15) is 5.10 Å². The molecule has 0 spiro atoms. The first-order chi connectivity index (χ1) is 9.47. The van der Waals surface area contributed by atoms with E-state index in [1.807, 2.05) is 13.8 Å². The van der Waals surface area contributed by atoms with Gasteiger partial charge >= 0.3 is 0 Å². The van der Waals surface area contributed by atoms with Crippen LogP contribution < -0.4 is 5.32 Å². The van der Waals surface area contributed by atoms with Gasteiger partial charge in [-0.1, -0.05) is 6.92 Å². The molecule has 1 fully saturated rings. The summed E-state index contributed by atoms with van der Waals surface area (Å²) in [5.41, 5.74) is 1.23. The van der Waals surface area contributed by atoms with Crippen molar-refractivity contribution >= 4 is 17.7 Å². The van der Waals surface area contributed by atoms with Crippen LogP contribution in [0.15, 0.2) is 6.07 Å². The first kappa shape index (κ1) is 14.2. The van der Waals surface area contributed by atoms with Gasteiger partial charge in [0.15, 0.2) is 0 Å². The first-order valence-electron chi connectivity index (χ1n) is 6.69. The van der Waals surface area contributed by atoms with E-state index in [1.54, 1.807) is 17.7 Å². The third-order valence-electron chi connectivity index (χ3n) is 3.40. The van der Waals surface area contributed by atoms with Gasteiger partial charge in [0.2, 0.25) is 11.8 Å². The quantitative estimate of drug-likeness (QED) is 0.786. The molecule has 1 aromatic rings. The minimum Gasteiger partial charge on any atom is -0.316 e. The molecule has 0 aliphatic carbocycles. The number of rotatable bonds is 3. The number of aryl methyl sites for hydroxylation is 2. The van der Waals surface area contributed by atoms with E-state index < -0.39 is 17.9 Å². The maximum absolute atomic E-state index is 12.5. The largest absolute Gasteiger partial charge is 0.316 e. The molecular formula is C13H18N4O3. The summed E-state index contributed by atoms with van der Waals surface area (Å²) >= 11 is 0. The van der Waals surface area contributed by atoms with E-state index in [2.05, 4.69) is 10.4 Å². The average Bonchev–Trinajstić information content (AvgIpc) is 2.85. The molecule has 20 heavy (non-hydrogen) atoms. The normalized spacial score (nSPS) is 19.1. The fraction of sp³-hybridized carbons (Fsp3) is 0.538. The Hall–Kier alpha value is -2.18. The van der Waals surface area contributed by atoms with Crippen molar-refractivity contribution in [1.82, 2.24) is 20.0 Å². The fourth-order valence-corrected chi connectivity index (χ4v) is 2.17. The smallest absolute Gasteiger partial charge is 0.273 e. The van der Waals surface area contributed by atoms with Gasteiger partial charge in [-0.05, 0) is 26.3 Å². The Morgan fingerprint density at radius 2 is 2.15 bits per heavy atom. The Balaban J connectivity index is 2.32. The van der Waals surface area contributed by atoms with Crippen LogP contribution >= 0.6 is 0 Å². The zero-order valence-electron chi connectivity index (χ0n) is 11.8. The number of piperazine rings is 1. The predicted octanol–water partition coefficient (Wildman–Crippen LogP) is -0.0475. The van der Waals surface area contributed by atoms with Gasteiger partial charge in [0.05, 0.1) is 5.69 Å². The van der Waals surface area contributed by atoms with Crippen molar-refractivity contribution in [2.75, 3.05) is 6.54 Å². The number of hydrogen-bond acceptors (Lipinski definition) is 4. The number of carbonyl (C=O) groups is 3. The van der Waals surface area contributed by atoms with E-state index >= 15 is 0 Å². The topological polar surface area (TPSA) is 84.3 Å².